The van der Waals surface area contributed by atoms with Gasteiger partial charge < -0.3 is 19.5 Å². The van der Waals surface area contributed by atoms with Crippen LogP contribution in [0.25, 0.3) is 16.6 Å². The summed E-state index contributed by atoms with van der Waals surface area (Å²) < 4.78 is 23.3. The third-order valence-corrected chi connectivity index (χ3v) is 8.95. The van der Waals surface area contributed by atoms with Crippen molar-refractivity contribution in [2.24, 2.45) is 0 Å². The van der Waals surface area contributed by atoms with Gasteiger partial charge in [-0.3, -0.25) is 4.90 Å². The quantitative estimate of drug-likeness (QED) is 0.221. The highest BCUT2D eigenvalue weighted by molar-refractivity contribution is 6.30. The standard InChI is InChI=1S/C34H35ClFN3O4/c1-3-24(40)18-39-30-16-22(34(41)42)7-10-29(30)37-32(39)19-38-13-11-21(12-14-38)26-6-4-5-25-20(2)15-31(43-33(25)26)27-9-8-23(35)17-28(27)36/h4-10,15-17,21,24,31,40H,3,11-14,18-19H2,1-2H3,(H,41,42)/t24-,31?/m0/s1. The molecule has 6 rings (SSSR count). The first-order valence-corrected chi connectivity index (χ1v) is 15.2. The molecule has 9 heteroatoms. The lowest BCUT2D eigenvalue weighted by molar-refractivity contribution is 0.0697. The number of carbonyl (C=O) groups is 1. The Morgan fingerprint density at radius 3 is 2.65 bits per heavy atom. The summed E-state index contributed by atoms with van der Waals surface area (Å²) in [6, 6.07) is 15.9. The van der Waals surface area contributed by atoms with E-state index in [0.717, 1.165) is 65.2 Å². The second-order valence-electron chi connectivity index (χ2n) is 11.5. The van der Waals surface area contributed by atoms with Crippen LogP contribution in [0.4, 0.5) is 4.39 Å². The molecule has 0 bridgehead atoms. The van der Waals surface area contributed by atoms with Crippen LogP contribution in [-0.2, 0) is 13.1 Å². The van der Waals surface area contributed by atoms with Gasteiger partial charge in [0.2, 0.25) is 0 Å². The number of aromatic carboxylic acids is 1. The minimum atomic E-state index is -0.989. The van der Waals surface area contributed by atoms with E-state index < -0.39 is 18.2 Å². The predicted octanol–water partition coefficient (Wildman–Crippen LogP) is 7.21. The highest BCUT2D eigenvalue weighted by atomic mass is 35.5. The summed E-state index contributed by atoms with van der Waals surface area (Å²) in [6.07, 6.45) is 3.31. The number of imidazole rings is 1. The summed E-state index contributed by atoms with van der Waals surface area (Å²) in [6.45, 7) is 6.61. The Labute approximate surface area is 255 Å². The fourth-order valence-corrected chi connectivity index (χ4v) is 6.41. The Morgan fingerprint density at radius 1 is 1.14 bits per heavy atom. The van der Waals surface area contributed by atoms with E-state index in [4.69, 9.17) is 21.3 Å². The average Bonchev–Trinajstić information content (AvgIpc) is 3.32. The van der Waals surface area contributed by atoms with Crippen molar-refractivity contribution in [3.63, 3.8) is 0 Å². The first kappa shape index (κ1) is 29.4. The number of halogens is 2. The summed E-state index contributed by atoms with van der Waals surface area (Å²) in [4.78, 5) is 18.8. The topological polar surface area (TPSA) is 87.8 Å². The number of likely N-dealkylation sites (tertiary alicyclic amines) is 1. The van der Waals surface area contributed by atoms with Gasteiger partial charge in [-0.05, 0) is 92.7 Å². The van der Waals surface area contributed by atoms with Gasteiger partial charge in [-0.1, -0.05) is 42.8 Å². The second kappa shape index (κ2) is 12.1. The molecule has 2 atom stereocenters. The zero-order valence-electron chi connectivity index (χ0n) is 24.3. The van der Waals surface area contributed by atoms with Gasteiger partial charge in [0.25, 0.3) is 0 Å². The van der Waals surface area contributed by atoms with Crippen molar-refractivity contribution in [1.29, 1.82) is 0 Å². The Bertz CT molecular complexity index is 1710. The van der Waals surface area contributed by atoms with Crippen molar-refractivity contribution in [2.75, 3.05) is 13.1 Å². The molecule has 0 amide bonds. The molecule has 1 aromatic heterocycles. The summed E-state index contributed by atoms with van der Waals surface area (Å²) >= 11 is 5.99. The van der Waals surface area contributed by atoms with Crippen LogP contribution in [0.15, 0.2) is 60.7 Å². The van der Waals surface area contributed by atoms with E-state index in [1.54, 1.807) is 30.3 Å². The molecule has 2 aliphatic heterocycles. The number of hydrogen-bond acceptors (Lipinski definition) is 5. The van der Waals surface area contributed by atoms with Crippen LogP contribution in [0.5, 0.6) is 5.75 Å². The van der Waals surface area contributed by atoms with E-state index in [2.05, 4.69) is 23.1 Å². The Morgan fingerprint density at radius 2 is 1.93 bits per heavy atom. The monoisotopic (exact) mass is 603 g/mol. The van der Waals surface area contributed by atoms with E-state index >= 15 is 0 Å². The smallest absolute Gasteiger partial charge is 0.335 e. The lowest BCUT2D eigenvalue weighted by Gasteiger charge is -2.34. The number of para-hydroxylation sites is 1. The molecule has 0 radical (unpaired) electrons. The number of nitrogens with zero attached hydrogens (tertiary/aromatic N) is 3. The third-order valence-electron chi connectivity index (χ3n) is 8.72. The predicted molar refractivity (Wildman–Crippen MR) is 165 cm³/mol. The largest absolute Gasteiger partial charge is 0.481 e. The number of hydrogen-bond donors (Lipinski definition) is 2. The van der Waals surface area contributed by atoms with Crippen molar-refractivity contribution >= 4 is 34.2 Å². The highest BCUT2D eigenvalue weighted by Crippen LogP contribution is 2.44. The van der Waals surface area contributed by atoms with Crippen molar-refractivity contribution in [1.82, 2.24) is 14.5 Å². The molecule has 3 aromatic carbocycles. The highest BCUT2D eigenvalue weighted by Gasteiger charge is 2.30. The van der Waals surface area contributed by atoms with Crippen molar-refractivity contribution in [2.45, 2.75) is 64.3 Å². The molecule has 43 heavy (non-hydrogen) atoms. The number of benzene rings is 3. The molecule has 0 spiro atoms. The molecule has 2 N–H and O–H groups in total. The van der Waals surface area contributed by atoms with E-state index in [9.17, 15) is 19.4 Å². The minimum absolute atomic E-state index is 0.200. The second-order valence-corrected chi connectivity index (χ2v) is 12.0. The summed E-state index contributed by atoms with van der Waals surface area (Å²) in [7, 11) is 0. The molecule has 4 aromatic rings. The molecule has 1 saturated heterocycles. The molecule has 7 nitrogen and oxygen atoms in total. The average molecular weight is 604 g/mol. The van der Waals surface area contributed by atoms with Crippen molar-refractivity contribution in [3.05, 3.63) is 99.6 Å². The zero-order chi connectivity index (χ0) is 30.2. The molecule has 1 fully saturated rings. The number of piperidine rings is 1. The number of ether oxygens (including phenoxy) is 1. The molecular weight excluding hydrogens is 569 g/mol. The fraction of sp³-hybridized carbons (Fsp3) is 0.353. The maximum atomic E-state index is 14.8. The van der Waals surface area contributed by atoms with Crippen molar-refractivity contribution < 1.29 is 24.1 Å². The van der Waals surface area contributed by atoms with Gasteiger partial charge in [0.15, 0.2) is 0 Å². The molecule has 3 heterocycles. The van der Waals surface area contributed by atoms with Crippen LogP contribution in [0, 0.1) is 5.82 Å². The number of fused-ring (bicyclic) bond motifs is 2. The maximum absolute atomic E-state index is 14.8. The molecule has 0 saturated carbocycles. The number of carboxylic acids is 1. The SMILES string of the molecule is CC[C@H](O)Cn1c(CN2CCC(c3cccc4c3OC(c3ccc(Cl)cc3F)C=C4C)CC2)nc2ccc(C(=O)O)cc21. The Hall–Kier alpha value is -3.72. The van der Waals surface area contributed by atoms with Gasteiger partial charge in [0, 0.05) is 16.1 Å². The van der Waals surface area contributed by atoms with Crippen LogP contribution in [-0.4, -0.2) is 49.8 Å². The maximum Gasteiger partial charge on any atom is 0.335 e. The van der Waals surface area contributed by atoms with Gasteiger partial charge >= 0.3 is 5.97 Å². The van der Waals surface area contributed by atoms with Crippen molar-refractivity contribution in [3.8, 4) is 5.75 Å². The van der Waals surface area contributed by atoms with Crippen LogP contribution >= 0.6 is 11.6 Å². The van der Waals surface area contributed by atoms with Gasteiger partial charge in [-0.15, -0.1) is 0 Å². The number of aliphatic hydroxyl groups excluding tert-OH is 1. The molecule has 0 aliphatic carbocycles. The Balaban J connectivity index is 1.21. The van der Waals surface area contributed by atoms with Crippen LogP contribution in [0.1, 0.15) is 78.0 Å². The fourth-order valence-electron chi connectivity index (χ4n) is 6.25. The first-order chi connectivity index (χ1) is 20.7. The number of aliphatic hydroxyl groups is 1. The summed E-state index contributed by atoms with van der Waals surface area (Å²) in [5.41, 5.74) is 5.34. The summed E-state index contributed by atoms with van der Waals surface area (Å²) in [5, 5.41) is 20.3. The van der Waals surface area contributed by atoms with E-state index in [1.165, 1.54) is 6.07 Å². The van der Waals surface area contributed by atoms with Gasteiger partial charge in [0.1, 0.15) is 23.5 Å². The molecular formula is C34H35ClFN3O4. The number of allylic oxidation sites excluding steroid dienone is 1. The van der Waals surface area contributed by atoms with Crippen LogP contribution < -0.4 is 4.74 Å². The summed E-state index contributed by atoms with van der Waals surface area (Å²) in [5.74, 6) is 0.554. The van der Waals surface area contributed by atoms with Gasteiger partial charge in [-0.2, -0.15) is 0 Å². The van der Waals surface area contributed by atoms with E-state index in [0.29, 0.717) is 30.1 Å². The van der Waals surface area contributed by atoms with E-state index in [1.807, 2.05) is 24.5 Å². The van der Waals surface area contributed by atoms with E-state index in [-0.39, 0.29) is 17.3 Å². The molecule has 2 aliphatic rings. The van der Waals surface area contributed by atoms with Crippen LogP contribution in [0.2, 0.25) is 5.02 Å². The molecule has 224 valence electrons. The van der Waals surface area contributed by atoms with Gasteiger partial charge in [0.05, 0.1) is 35.8 Å². The third kappa shape index (κ3) is 5.92. The Kier molecular flexibility index (Phi) is 8.27. The number of rotatable bonds is 8. The lowest BCUT2D eigenvalue weighted by atomic mass is 9.85. The minimum Gasteiger partial charge on any atom is -0.481 e. The number of aromatic nitrogens is 2. The number of carboxylic acid groups (broad SMARTS) is 1. The van der Waals surface area contributed by atoms with Crippen LogP contribution in [0.3, 0.4) is 0 Å². The van der Waals surface area contributed by atoms with Gasteiger partial charge in [-0.25, -0.2) is 14.2 Å². The zero-order valence-corrected chi connectivity index (χ0v) is 25.0. The normalized spacial score (nSPS) is 18.3. The lowest BCUT2D eigenvalue weighted by Crippen LogP contribution is -2.34. The first-order valence-electron chi connectivity index (χ1n) is 14.8. The molecule has 1 unspecified atom stereocenters.